The van der Waals surface area contributed by atoms with E-state index in [4.69, 9.17) is 14.7 Å². The molecule has 2 rings (SSSR count). The first-order chi connectivity index (χ1) is 14.9. The Labute approximate surface area is 182 Å². The quantitative estimate of drug-likeness (QED) is 0.574. The molecular formula is C23H28N4O4. The molecule has 0 heterocycles. The summed E-state index contributed by atoms with van der Waals surface area (Å²) in [6.45, 7) is 5.35. The van der Waals surface area contributed by atoms with E-state index in [1.165, 1.54) is 0 Å². The molecule has 0 aromatic heterocycles. The Bertz CT molecular complexity index is 922. The molecule has 0 atom stereocenters. The number of carbonyl (C=O) groups excluding carboxylic acids is 2. The summed E-state index contributed by atoms with van der Waals surface area (Å²) < 4.78 is 11.1. The first kappa shape index (κ1) is 23.7. The van der Waals surface area contributed by atoms with Crippen molar-refractivity contribution in [1.82, 2.24) is 4.90 Å². The lowest BCUT2D eigenvalue weighted by Crippen LogP contribution is -2.32. The standard InChI is InChI=1S/C23H28N4O4/c1-4-30-20-11-10-19(14-21(20)31-5-2)26-23(29)16-27(3)13-12-22(28)25-18-8-6-17(15-24)7-9-18/h6-11,14H,4-5,12-13,16H2,1-3H3,(H,25,28)(H,26,29). The van der Waals surface area contributed by atoms with Crippen molar-refractivity contribution < 1.29 is 19.1 Å². The van der Waals surface area contributed by atoms with Crippen molar-refractivity contribution >= 4 is 23.2 Å². The van der Waals surface area contributed by atoms with Gasteiger partial charge in [0.2, 0.25) is 11.8 Å². The molecule has 0 unspecified atom stereocenters. The second-order valence-corrected chi connectivity index (χ2v) is 6.80. The molecule has 8 nitrogen and oxygen atoms in total. The summed E-state index contributed by atoms with van der Waals surface area (Å²) >= 11 is 0. The third-order valence-electron chi connectivity index (χ3n) is 4.26. The van der Waals surface area contributed by atoms with Crippen molar-refractivity contribution in [3.63, 3.8) is 0 Å². The molecule has 0 radical (unpaired) electrons. The zero-order chi connectivity index (χ0) is 22.6. The molecule has 0 bridgehead atoms. The highest BCUT2D eigenvalue weighted by Gasteiger charge is 2.12. The highest BCUT2D eigenvalue weighted by Crippen LogP contribution is 2.30. The van der Waals surface area contributed by atoms with E-state index >= 15 is 0 Å². The second-order valence-electron chi connectivity index (χ2n) is 6.80. The number of ether oxygens (including phenoxy) is 2. The lowest BCUT2D eigenvalue weighted by atomic mass is 10.2. The minimum Gasteiger partial charge on any atom is -0.490 e. The van der Waals surface area contributed by atoms with Crippen LogP contribution in [-0.4, -0.2) is 50.1 Å². The molecule has 0 aliphatic carbocycles. The highest BCUT2D eigenvalue weighted by atomic mass is 16.5. The molecule has 2 aromatic rings. The summed E-state index contributed by atoms with van der Waals surface area (Å²) in [5.74, 6) is 0.856. The maximum atomic E-state index is 12.3. The number of nitrogens with one attached hydrogen (secondary N) is 2. The smallest absolute Gasteiger partial charge is 0.238 e. The molecule has 2 aromatic carbocycles. The van der Waals surface area contributed by atoms with Gasteiger partial charge in [-0.3, -0.25) is 14.5 Å². The van der Waals surface area contributed by atoms with Gasteiger partial charge >= 0.3 is 0 Å². The molecule has 0 saturated carbocycles. The van der Waals surface area contributed by atoms with Crippen LogP contribution in [0.25, 0.3) is 0 Å². The summed E-state index contributed by atoms with van der Waals surface area (Å²) in [7, 11) is 1.78. The molecule has 0 fully saturated rings. The average Bonchev–Trinajstić information content (AvgIpc) is 2.75. The Morgan fingerprint density at radius 2 is 1.55 bits per heavy atom. The number of hydrogen-bond acceptors (Lipinski definition) is 6. The Balaban J connectivity index is 1.80. The van der Waals surface area contributed by atoms with Gasteiger partial charge in [-0.05, 0) is 57.3 Å². The predicted octanol–water partition coefficient (Wildman–Crippen LogP) is 3.25. The highest BCUT2D eigenvalue weighted by molar-refractivity contribution is 5.93. The second kappa shape index (κ2) is 12.2. The number of carbonyl (C=O) groups is 2. The lowest BCUT2D eigenvalue weighted by molar-refractivity contribution is -0.119. The summed E-state index contributed by atoms with van der Waals surface area (Å²) in [6, 6.07) is 13.9. The van der Waals surface area contributed by atoms with Crippen LogP contribution >= 0.6 is 0 Å². The van der Waals surface area contributed by atoms with Gasteiger partial charge in [-0.1, -0.05) is 0 Å². The van der Waals surface area contributed by atoms with Gasteiger partial charge in [0.1, 0.15) is 0 Å². The van der Waals surface area contributed by atoms with Gasteiger partial charge in [0.15, 0.2) is 11.5 Å². The fourth-order valence-corrected chi connectivity index (χ4v) is 2.80. The molecular weight excluding hydrogens is 396 g/mol. The molecule has 0 aliphatic rings. The van der Waals surface area contributed by atoms with Crippen molar-refractivity contribution in [3.8, 4) is 17.6 Å². The van der Waals surface area contributed by atoms with E-state index in [1.54, 1.807) is 54.4 Å². The molecule has 164 valence electrons. The fourth-order valence-electron chi connectivity index (χ4n) is 2.80. The third kappa shape index (κ3) is 7.99. The van der Waals surface area contributed by atoms with Crippen LogP contribution in [0.5, 0.6) is 11.5 Å². The van der Waals surface area contributed by atoms with E-state index in [0.717, 1.165) is 0 Å². The Morgan fingerprint density at radius 3 is 2.19 bits per heavy atom. The first-order valence-electron chi connectivity index (χ1n) is 10.1. The number of likely N-dealkylation sites (N-methyl/N-ethyl adjacent to an activating group) is 1. The number of rotatable bonds is 11. The predicted molar refractivity (Wildman–Crippen MR) is 119 cm³/mol. The molecule has 0 aliphatic heterocycles. The van der Waals surface area contributed by atoms with Gasteiger partial charge < -0.3 is 20.1 Å². The van der Waals surface area contributed by atoms with E-state index in [9.17, 15) is 9.59 Å². The van der Waals surface area contributed by atoms with E-state index < -0.39 is 0 Å². The van der Waals surface area contributed by atoms with Crippen molar-refractivity contribution in [1.29, 1.82) is 5.26 Å². The molecule has 0 saturated heterocycles. The van der Waals surface area contributed by atoms with Gasteiger partial charge in [-0.2, -0.15) is 5.26 Å². The molecule has 8 heteroatoms. The van der Waals surface area contributed by atoms with Crippen molar-refractivity contribution in [2.45, 2.75) is 20.3 Å². The Morgan fingerprint density at radius 1 is 0.935 bits per heavy atom. The SMILES string of the molecule is CCOc1ccc(NC(=O)CN(C)CCC(=O)Nc2ccc(C#N)cc2)cc1OCC. The van der Waals surface area contributed by atoms with E-state index in [-0.39, 0.29) is 24.8 Å². The maximum Gasteiger partial charge on any atom is 0.238 e. The minimum absolute atomic E-state index is 0.140. The third-order valence-corrected chi connectivity index (χ3v) is 4.26. The molecule has 0 spiro atoms. The van der Waals surface area contributed by atoms with Crippen LogP contribution in [0.4, 0.5) is 11.4 Å². The summed E-state index contributed by atoms with van der Waals surface area (Å²) in [4.78, 5) is 26.2. The van der Waals surface area contributed by atoms with Gasteiger partial charge in [-0.25, -0.2) is 0 Å². The average molecular weight is 425 g/mol. The van der Waals surface area contributed by atoms with Crippen molar-refractivity contribution in [2.24, 2.45) is 0 Å². The number of nitrogens with zero attached hydrogens (tertiary/aromatic N) is 2. The molecule has 2 N–H and O–H groups in total. The van der Waals surface area contributed by atoms with E-state index in [2.05, 4.69) is 10.6 Å². The number of amides is 2. The van der Waals surface area contributed by atoms with Crippen LogP contribution in [-0.2, 0) is 9.59 Å². The Kier molecular flexibility index (Phi) is 9.33. The van der Waals surface area contributed by atoms with Gasteiger partial charge in [0, 0.05) is 30.4 Å². The Hall–Kier alpha value is -3.57. The van der Waals surface area contributed by atoms with Crippen LogP contribution in [0.2, 0.25) is 0 Å². The lowest BCUT2D eigenvalue weighted by Gasteiger charge is -2.17. The maximum absolute atomic E-state index is 12.3. The van der Waals surface area contributed by atoms with Crippen molar-refractivity contribution in [3.05, 3.63) is 48.0 Å². The number of nitriles is 1. The monoisotopic (exact) mass is 424 g/mol. The van der Waals surface area contributed by atoms with Gasteiger partial charge in [-0.15, -0.1) is 0 Å². The van der Waals surface area contributed by atoms with Crippen LogP contribution in [0.1, 0.15) is 25.8 Å². The minimum atomic E-state index is -0.193. The first-order valence-corrected chi connectivity index (χ1v) is 10.1. The summed E-state index contributed by atoms with van der Waals surface area (Å²) in [6.07, 6.45) is 0.237. The molecule has 31 heavy (non-hydrogen) atoms. The number of anilines is 2. The van der Waals surface area contributed by atoms with Crippen LogP contribution in [0, 0.1) is 11.3 Å². The zero-order valence-corrected chi connectivity index (χ0v) is 18.1. The number of benzene rings is 2. The summed E-state index contributed by atoms with van der Waals surface area (Å²) in [5, 5.41) is 14.4. The van der Waals surface area contributed by atoms with E-state index in [1.807, 2.05) is 19.9 Å². The normalized spacial score (nSPS) is 10.3. The van der Waals surface area contributed by atoms with Crippen LogP contribution < -0.4 is 20.1 Å². The van der Waals surface area contributed by atoms with Crippen molar-refractivity contribution in [2.75, 3.05) is 44.0 Å². The van der Waals surface area contributed by atoms with Crippen LogP contribution in [0.15, 0.2) is 42.5 Å². The largest absolute Gasteiger partial charge is 0.490 e. The summed E-state index contributed by atoms with van der Waals surface area (Å²) in [5.41, 5.74) is 1.78. The van der Waals surface area contributed by atoms with E-state index in [0.29, 0.717) is 48.2 Å². The zero-order valence-electron chi connectivity index (χ0n) is 18.1. The molecule has 2 amide bonds. The van der Waals surface area contributed by atoms with Gasteiger partial charge in [0.25, 0.3) is 0 Å². The van der Waals surface area contributed by atoms with Crippen LogP contribution in [0.3, 0.4) is 0 Å². The fraction of sp³-hybridized carbons (Fsp3) is 0.348. The number of hydrogen-bond donors (Lipinski definition) is 2. The van der Waals surface area contributed by atoms with Gasteiger partial charge in [0.05, 0.1) is 31.4 Å². The topological polar surface area (TPSA) is 104 Å².